The molecule has 0 aromatic heterocycles. The third-order valence-corrected chi connectivity index (χ3v) is 4.33. The van der Waals surface area contributed by atoms with Crippen molar-refractivity contribution in [3.8, 4) is 0 Å². The van der Waals surface area contributed by atoms with E-state index in [4.69, 9.17) is 9.81 Å². The van der Waals surface area contributed by atoms with Gasteiger partial charge in [-0.2, -0.15) is 16.8 Å². The van der Waals surface area contributed by atoms with Crippen molar-refractivity contribution >= 4 is 20.2 Å². The molecule has 0 saturated carbocycles. The van der Waals surface area contributed by atoms with Crippen LogP contribution in [0.1, 0.15) is 12.8 Å². The molecule has 0 atom stereocenters. The highest BCUT2D eigenvalue weighted by Crippen LogP contribution is 2.17. The standard InChI is InChI=1S/C5H6O4S.C5H6O3S/c6-9-10(7,8)5-3-1-2-4-5;6-9(7,8)5-3-1-2-4-5/h1-3,6H,4H2;1-3H,4H2,(H,6,7,8). The fourth-order valence-electron chi connectivity index (χ4n) is 1.28. The molecule has 0 radical (unpaired) electrons. The van der Waals surface area contributed by atoms with Gasteiger partial charge < -0.3 is 0 Å². The van der Waals surface area contributed by atoms with Crippen molar-refractivity contribution in [1.82, 2.24) is 0 Å². The molecule has 0 heterocycles. The summed E-state index contributed by atoms with van der Waals surface area (Å²) in [6.45, 7) is 0. The van der Waals surface area contributed by atoms with E-state index in [0.29, 0.717) is 12.8 Å². The Morgan fingerprint density at radius 2 is 1.42 bits per heavy atom. The third kappa shape index (κ3) is 4.73. The fraction of sp³-hybridized carbons (Fsp3) is 0.200. The Bertz CT molecular complexity index is 648. The zero-order chi connectivity index (χ0) is 14.5. The van der Waals surface area contributed by atoms with Gasteiger partial charge in [0.1, 0.15) is 0 Å². The molecule has 0 bridgehead atoms. The molecule has 0 unspecified atom stereocenters. The van der Waals surface area contributed by atoms with Crippen LogP contribution in [0.25, 0.3) is 0 Å². The van der Waals surface area contributed by atoms with Gasteiger partial charge in [-0.3, -0.25) is 4.55 Å². The van der Waals surface area contributed by atoms with Crippen molar-refractivity contribution in [3.63, 3.8) is 0 Å². The first-order chi connectivity index (χ1) is 8.77. The largest absolute Gasteiger partial charge is 0.319 e. The molecular formula is C10H12O7S2. The van der Waals surface area contributed by atoms with Crippen molar-refractivity contribution in [2.24, 2.45) is 0 Å². The molecular weight excluding hydrogens is 296 g/mol. The Morgan fingerprint density at radius 3 is 1.68 bits per heavy atom. The first-order valence-electron chi connectivity index (χ1n) is 5.04. The normalized spacial score (nSPS) is 17.8. The second kappa shape index (κ2) is 6.26. The number of hydrogen-bond donors (Lipinski definition) is 2. The zero-order valence-corrected chi connectivity index (χ0v) is 11.3. The van der Waals surface area contributed by atoms with Crippen LogP contribution >= 0.6 is 0 Å². The zero-order valence-electron chi connectivity index (χ0n) is 9.63. The Kier molecular flexibility index (Phi) is 5.20. The van der Waals surface area contributed by atoms with E-state index in [2.05, 4.69) is 4.33 Å². The number of rotatable bonds is 3. The van der Waals surface area contributed by atoms with Crippen molar-refractivity contribution in [3.05, 3.63) is 46.3 Å². The summed E-state index contributed by atoms with van der Waals surface area (Å²) < 4.78 is 53.5. The second-order valence-electron chi connectivity index (χ2n) is 3.53. The lowest BCUT2D eigenvalue weighted by molar-refractivity contribution is -0.129. The molecule has 9 heteroatoms. The lowest BCUT2D eigenvalue weighted by Gasteiger charge is -1.96. The monoisotopic (exact) mass is 308 g/mol. The minimum atomic E-state index is -3.90. The van der Waals surface area contributed by atoms with E-state index in [1.54, 1.807) is 24.3 Å². The molecule has 0 amide bonds. The van der Waals surface area contributed by atoms with E-state index in [0.717, 1.165) is 0 Å². The highest BCUT2D eigenvalue weighted by atomic mass is 32.2. The van der Waals surface area contributed by atoms with Gasteiger partial charge in [0.15, 0.2) is 0 Å². The molecule has 0 aromatic carbocycles. The van der Waals surface area contributed by atoms with Gasteiger partial charge in [0.05, 0.1) is 9.81 Å². The Balaban J connectivity index is 0.000000191. The highest BCUT2D eigenvalue weighted by Gasteiger charge is 2.18. The molecule has 7 nitrogen and oxygen atoms in total. The van der Waals surface area contributed by atoms with Crippen LogP contribution in [0, 0.1) is 0 Å². The van der Waals surface area contributed by atoms with Gasteiger partial charge in [-0.05, 0) is 12.2 Å². The fourth-order valence-corrected chi connectivity index (χ4v) is 2.48. The molecule has 0 aliphatic heterocycles. The van der Waals surface area contributed by atoms with Gasteiger partial charge in [-0.25, -0.2) is 5.26 Å². The van der Waals surface area contributed by atoms with Gasteiger partial charge in [-0.15, -0.1) is 4.33 Å². The first kappa shape index (κ1) is 15.8. The summed E-state index contributed by atoms with van der Waals surface area (Å²) in [4.78, 5) is 0.150. The molecule has 0 saturated heterocycles. The Labute approximate surface area is 111 Å². The summed E-state index contributed by atoms with van der Waals surface area (Å²) in [6.07, 6.45) is 9.90. The van der Waals surface area contributed by atoms with Crippen LogP contribution in [0.4, 0.5) is 0 Å². The van der Waals surface area contributed by atoms with E-state index >= 15 is 0 Å². The lowest BCUT2D eigenvalue weighted by Crippen LogP contribution is -2.03. The maximum atomic E-state index is 10.6. The van der Waals surface area contributed by atoms with Gasteiger partial charge in [0, 0.05) is 12.8 Å². The minimum Gasteiger partial charge on any atom is -0.282 e. The van der Waals surface area contributed by atoms with Crippen LogP contribution in [-0.2, 0) is 24.6 Å². The Morgan fingerprint density at radius 1 is 0.947 bits per heavy atom. The van der Waals surface area contributed by atoms with Crippen LogP contribution in [0.5, 0.6) is 0 Å². The average molecular weight is 308 g/mol. The van der Waals surface area contributed by atoms with Gasteiger partial charge in [-0.1, -0.05) is 24.3 Å². The molecule has 0 spiro atoms. The van der Waals surface area contributed by atoms with Gasteiger partial charge >= 0.3 is 10.1 Å². The molecule has 0 fully saturated rings. The summed E-state index contributed by atoms with van der Waals surface area (Å²) >= 11 is 0. The van der Waals surface area contributed by atoms with Crippen LogP contribution in [0.15, 0.2) is 46.3 Å². The summed E-state index contributed by atoms with van der Waals surface area (Å²) in [5.41, 5.74) is 0. The maximum absolute atomic E-state index is 10.6. The van der Waals surface area contributed by atoms with E-state index in [1.165, 1.54) is 12.2 Å². The van der Waals surface area contributed by atoms with E-state index in [1.807, 2.05) is 0 Å². The number of allylic oxidation sites excluding steroid dienone is 8. The second-order valence-corrected chi connectivity index (χ2v) is 6.59. The SMILES string of the molecule is O=S(=O)(O)C1=CC=CC1.O=S(=O)(OO)C1=CC=CC1. The summed E-state index contributed by atoms with van der Waals surface area (Å²) in [7, 11) is -7.75. The van der Waals surface area contributed by atoms with Gasteiger partial charge in [0.25, 0.3) is 10.1 Å². The minimum absolute atomic E-state index is 0.0718. The maximum Gasteiger partial charge on any atom is 0.319 e. The summed E-state index contributed by atoms with van der Waals surface area (Å²) in [5, 5.41) is 7.90. The first-order valence-corrected chi connectivity index (χ1v) is 7.89. The van der Waals surface area contributed by atoms with Crippen molar-refractivity contribution < 1.29 is 31.0 Å². The van der Waals surface area contributed by atoms with E-state index in [-0.39, 0.29) is 9.81 Å². The van der Waals surface area contributed by atoms with Gasteiger partial charge in [0.2, 0.25) is 0 Å². The predicted octanol–water partition coefficient (Wildman–Crippen LogP) is 1.37. The smallest absolute Gasteiger partial charge is 0.282 e. The van der Waals surface area contributed by atoms with Crippen LogP contribution in [-0.4, -0.2) is 26.6 Å². The van der Waals surface area contributed by atoms with Crippen LogP contribution in [0.3, 0.4) is 0 Å². The molecule has 106 valence electrons. The third-order valence-electron chi connectivity index (χ3n) is 2.23. The topological polar surface area (TPSA) is 118 Å². The van der Waals surface area contributed by atoms with E-state index in [9.17, 15) is 16.8 Å². The lowest BCUT2D eigenvalue weighted by atomic mass is 10.5. The molecule has 2 rings (SSSR count). The van der Waals surface area contributed by atoms with E-state index < -0.39 is 20.2 Å². The van der Waals surface area contributed by atoms with Crippen molar-refractivity contribution in [1.29, 1.82) is 0 Å². The Hall–Kier alpha value is -1.26. The van der Waals surface area contributed by atoms with Crippen LogP contribution < -0.4 is 0 Å². The van der Waals surface area contributed by atoms with Crippen molar-refractivity contribution in [2.45, 2.75) is 12.8 Å². The quantitative estimate of drug-likeness (QED) is 0.459. The van der Waals surface area contributed by atoms with Crippen LogP contribution in [0.2, 0.25) is 0 Å². The molecule has 2 aliphatic rings. The van der Waals surface area contributed by atoms with Crippen molar-refractivity contribution in [2.75, 3.05) is 0 Å². The molecule has 0 aromatic rings. The number of hydrogen-bond acceptors (Lipinski definition) is 6. The average Bonchev–Trinajstić information content (AvgIpc) is 3.02. The molecule has 2 N–H and O–H groups in total. The summed E-state index contributed by atoms with van der Waals surface area (Å²) in [6, 6.07) is 0. The summed E-state index contributed by atoms with van der Waals surface area (Å²) in [5.74, 6) is 0. The molecule has 19 heavy (non-hydrogen) atoms. The molecule has 2 aliphatic carbocycles. The highest BCUT2D eigenvalue weighted by molar-refractivity contribution is 7.90. The predicted molar refractivity (Wildman–Crippen MR) is 67.9 cm³/mol.